The highest BCUT2D eigenvalue weighted by molar-refractivity contribution is 6.37. The summed E-state index contributed by atoms with van der Waals surface area (Å²) in [5.41, 5.74) is -0.120. The van der Waals surface area contributed by atoms with E-state index < -0.39 is 18.3 Å². The van der Waals surface area contributed by atoms with Crippen LogP contribution in [0.1, 0.15) is 17.7 Å². The van der Waals surface area contributed by atoms with Crippen LogP contribution in [0.5, 0.6) is 0 Å². The van der Waals surface area contributed by atoms with E-state index in [4.69, 9.17) is 0 Å². The van der Waals surface area contributed by atoms with Crippen LogP contribution in [-0.4, -0.2) is 24.0 Å². The Bertz CT molecular complexity index is 449. The Morgan fingerprint density at radius 3 is 2.65 bits per heavy atom. The Kier molecular flexibility index (Phi) is 4.08. The quantitative estimate of drug-likeness (QED) is 0.631. The van der Waals surface area contributed by atoms with E-state index in [-0.39, 0.29) is 16.9 Å². The van der Waals surface area contributed by atoms with Crippen molar-refractivity contribution in [3.63, 3.8) is 0 Å². The Labute approximate surface area is 95.8 Å². The number of hydrogen-bond acceptors (Lipinski definition) is 4. The van der Waals surface area contributed by atoms with E-state index in [2.05, 4.69) is 15.0 Å². The van der Waals surface area contributed by atoms with E-state index in [0.717, 1.165) is 13.2 Å². The minimum atomic E-state index is -2.70. The predicted molar refractivity (Wildman–Crippen MR) is 54.6 cm³/mol. The first kappa shape index (κ1) is 13.0. The van der Waals surface area contributed by atoms with E-state index in [0.29, 0.717) is 0 Å². The number of aromatic nitrogens is 1. The molecule has 1 amide bonds. The lowest BCUT2D eigenvalue weighted by atomic mass is 10.2. The molecule has 0 radical (unpaired) electrons. The number of carbonyl (C=O) groups excluding carboxylic acids is 2. The summed E-state index contributed by atoms with van der Waals surface area (Å²) in [7, 11) is 1.04. The molecule has 0 aliphatic carbocycles. The normalized spacial score (nSPS) is 10.2. The van der Waals surface area contributed by atoms with Crippen molar-refractivity contribution >= 4 is 17.6 Å². The molecule has 5 nitrogen and oxygen atoms in total. The summed E-state index contributed by atoms with van der Waals surface area (Å²) in [4.78, 5) is 25.6. The molecule has 1 N–H and O–H groups in total. The molecule has 0 aliphatic rings. The summed E-state index contributed by atoms with van der Waals surface area (Å²) >= 11 is 0. The molecular weight excluding hydrogens is 234 g/mol. The number of amides is 1. The molecule has 7 heteroatoms. The van der Waals surface area contributed by atoms with Gasteiger partial charge in [0.05, 0.1) is 19.0 Å². The van der Waals surface area contributed by atoms with Crippen molar-refractivity contribution in [2.24, 2.45) is 0 Å². The number of alkyl halides is 2. The zero-order chi connectivity index (χ0) is 13.0. The topological polar surface area (TPSA) is 68.3 Å². The molecule has 17 heavy (non-hydrogen) atoms. The molecule has 0 saturated heterocycles. The van der Waals surface area contributed by atoms with Crippen LogP contribution in [0.2, 0.25) is 0 Å². The van der Waals surface area contributed by atoms with Gasteiger partial charge in [-0.25, -0.2) is 13.6 Å². The van der Waals surface area contributed by atoms with Crippen LogP contribution < -0.4 is 5.32 Å². The van der Waals surface area contributed by atoms with Crippen LogP contribution in [0.25, 0.3) is 0 Å². The molecule has 0 spiro atoms. The fraction of sp³-hybridized carbons (Fsp3) is 0.300. The Morgan fingerprint density at radius 1 is 1.47 bits per heavy atom. The molecule has 0 atom stereocenters. The van der Waals surface area contributed by atoms with Gasteiger partial charge >= 0.3 is 11.9 Å². The largest absolute Gasteiger partial charge is 0.462 e. The van der Waals surface area contributed by atoms with E-state index in [1.807, 2.05) is 0 Å². The number of nitrogens with one attached hydrogen (secondary N) is 1. The monoisotopic (exact) mass is 244 g/mol. The van der Waals surface area contributed by atoms with Gasteiger partial charge in [0, 0.05) is 11.3 Å². The van der Waals surface area contributed by atoms with Crippen molar-refractivity contribution < 1.29 is 23.1 Å². The SMILES string of the molecule is COC(=O)C(=O)Nc1cnc(C)c(C(F)F)c1. The molecule has 0 bridgehead atoms. The van der Waals surface area contributed by atoms with E-state index in [9.17, 15) is 18.4 Å². The summed E-state index contributed by atoms with van der Waals surface area (Å²) in [6, 6.07) is 1.06. The number of pyridine rings is 1. The number of rotatable bonds is 2. The first-order chi connectivity index (χ1) is 7.95. The molecule has 1 heterocycles. The van der Waals surface area contributed by atoms with Crippen molar-refractivity contribution in [1.29, 1.82) is 0 Å². The van der Waals surface area contributed by atoms with E-state index >= 15 is 0 Å². The molecule has 1 aromatic heterocycles. The van der Waals surface area contributed by atoms with Gasteiger partial charge in [0.2, 0.25) is 0 Å². The number of methoxy groups -OCH3 is 1. The van der Waals surface area contributed by atoms with Gasteiger partial charge in [-0.05, 0) is 13.0 Å². The second-order valence-electron chi connectivity index (χ2n) is 3.15. The standard InChI is InChI=1S/C10H10F2N2O3/c1-5-7(8(11)12)3-6(4-13-5)14-9(15)10(16)17-2/h3-4,8H,1-2H3,(H,14,15). The third kappa shape index (κ3) is 3.20. The molecule has 0 fully saturated rings. The highest BCUT2D eigenvalue weighted by Gasteiger charge is 2.16. The Balaban J connectivity index is 2.90. The number of halogens is 2. The van der Waals surface area contributed by atoms with Crippen LogP contribution in [0.15, 0.2) is 12.3 Å². The van der Waals surface area contributed by atoms with Crippen molar-refractivity contribution in [1.82, 2.24) is 4.98 Å². The van der Waals surface area contributed by atoms with E-state index in [1.54, 1.807) is 0 Å². The lowest BCUT2D eigenvalue weighted by Crippen LogP contribution is -2.24. The minimum absolute atomic E-state index is 0.0151. The maximum atomic E-state index is 12.5. The number of ether oxygens (including phenoxy) is 1. The van der Waals surface area contributed by atoms with Gasteiger partial charge in [0.25, 0.3) is 6.43 Å². The van der Waals surface area contributed by atoms with Crippen LogP contribution in [0.3, 0.4) is 0 Å². The molecule has 92 valence electrons. The summed E-state index contributed by atoms with van der Waals surface area (Å²) in [5, 5.41) is 2.11. The van der Waals surface area contributed by atoms with Gasteiger partial charge in [-0.2, -0.15) is 0 Å². The van der Waals surface area contributed by atoms with Gasteiger partial charge in [-0.3, -0.25) is 9.78 Å². The fourth-order valence-electron chi connectivity index (χ4n) is 1.11. The molecule has 1 aromatic rings. The number of hydrogen-bond donors (Lipinski definition) is 1. The lowest BCUT2D eigenvalue weighted by Gasteiger charge is -2.07. The van der Waals surface area contributed by atoms with Crippen molar-refractivity contribution in [2.75, 3.05) is 12.4 Å². The fourth-order valence-corrected chi connectivity index (χ4v) is 1.11. The van der Waals surface area contributed by atoms with Crippen LogP contribution in [0, 0.1) is 6.92 Å². The van der Waals surface area contributed by atoms with Gasteiger partial charge in [0.1, 0.15) is 0 Å². The molecule has 0 aliphatic heterocycles. The van der Waals surface area contributed by atoms with E-state index in [1.165, 1.54) is 13.1 Å². The van der Waals surface area contributed by atoms with Crippen molar-refractivity contribution in [3.8, 4) is 0 Å². The third-order valence-electron chi connectivity index (χ3n) is 1.99. The summed E-state index contributed by atoms with van der Waals surface area (Å²) in [6.07, 6.45) is -1.51. The highest BCUT2D eigenvalue weighted by atomic mass is 19.3. The first-order valence-electron chi connectivity index (χ1n) is 4.59. The van der Waals surface area contributed by atoms with Gasteiger partial charge in [-0.1, -0.05) is 0 Å². The average molecular weight is 244 g/mol. The maximum absolute atomic E-state index is 12.5. The minimum Gasteiger partial charge on any atom is -0.462 e. The molecule has 0 unspecified atom stereocenters. The number of aryl methyl sites for hydroxylation is 1. The second kappa shape index (κ2) is 5.33. The van der Waals surface area contributed by atoms with Crippen molar-refractivity contribution in [3.05, 3.63) is 23.5 Å². The molecule has 1 rings (SSSR count). The average Bonchev–Trinajstić information content (AvgIpc) is 2.30. The molecule has 0 saturated carbocycles. The lowest BCUT2D eigenvalue weighted by molar-refractivity contribution is -0.150. The summed E-state index contributed by atoms with van der Waals surface area (Å²) in [6.45, 7) is 1.42. The van der Waals surface area contributed by atoms with Crippen molar-refractivity contribution in [2.45, 2.75) is 13.3 Å². The number of esters is 1. The van der Waals surface area contributed by atoms with Gasteiger partial charge < -0.3 is 10.1 Å². The maximum Gasteiger partial charge on any atom is 0.396 e. The predicted octanol–water partition coefficient (Wildman–Crippen LogP) is 1.44. The summed E-state index contributed by atoms with van der Waals surface area (Å²) in [5.74, 6) is -2.15. The van der Waals surface area contributed by atoms with Gasteiger partial charge in [0.15, 0.2) is 0 Å². The third-order valence-corrected chi connectivity index (χ3v) is 1.99. The van der Waals surface area contributed by atoms with Crippen LogP contribution in [0.4, 0.5) is 14.5 Å². The molecule has 0 aromatic carbocycles. The smallest absolute Gasteiger partial charge is 0.396 e. The second-order valence-corrected chi connectivity index (χ2v) is 3.15. The first-order valence-corrected chi connectivity index (χ1v) is 4.59. The number of carbonyl (C=O) groups is 2. The Hall–Kier alpha value is -2.05. The summed E-state index contributed by atoms with van der Waals surface area (Å²) < 4.78 is 29.2. The van der Waals surface area contributed by atoms with Gasteiger partial charge in [-0.15, -0.1) is 0 Å². The van der Waals surface area contributed by atoms with Crippen LogP contribution in [-0.2, 0) is 14.3 Å². The number of nitrogens with zero attached hydrogens (tertiary/aromatic N) is 1. The zero-order valence-corrected chi connectivity index (χ0v) is 9.16. The van der Waals surface area contributed by atoms with Crippen LogP contribution >= 0.6 is 0 Å². The zero-order valence-electron chi connectivity index (χ0n) is 9.16. The number of anilines is 1. The molecular formula is C10H10F2N2O3. The highest BCUT2D eigenvalue weighted by Crippen LogP contribution is 2.23. The Morgan fingerprint density at radius 2 is 2.12 bits per heavy atom.